The highest BCUT2D eigenvalue weighted by atomic mass is 19.4. The van der Waals surface area contributed by atoms with Gasteiger partial charge in [-0.25, -0.2) is 9.98 Å². The van der Waals surface area contributed by atoms with Crippen LogP contribution in [0.15, 0.2) is 63.1 Å². The average molecular weight is 431 g/mol. The number of halogens is 6. The molecule has 1 aromatic carbocycles. The van der Waals surface area contributed by atoms with Crippen molar-refractivity contribution in [3.8, 4) is 0 Å². The van der Waals surface area contributed by atoms with E-state index in [0.717, 1.165) is 0 Å². The first-order valence-corrected chi connectivity index (χ1v) is 9.12. The summed E-state index contributed by atoms with van der Waals surface area (Å²) < 4.78 is 88.2. The van der Waals surface area contributed by atoms with Crippen molar-refractivity contribution < 1.29 is 30.8 Å². The molecule has 2 heterocycles. The molecule has 0 bridgehead atoms. The molecule has 10 heteroatoms. The third kappa shape index (κ3) is 4.08. The Labute approximate surface area is 168 Å². The number of nitrogens with zero attached hydrogens (tertiary/aromatic N) is 3. The van der Waals surface area contributed by atoms with Crippen LogP contribution >= 0.6 is 0 Å². The van der Waals surface area contributed by atoms with Crippen LogP contribution in [-0.2, 0) is 6.54 Å². The molecule has 1 aliphatic rings. The van der Waals surface area contributed by atoms with Crippen LogP contribution in [0, 0.1) is 5.92 Å². The second-order valence-electron chi connectivity index (χ2n) is 7.26. The molecule has 0 spiro atoms. The lowest BCUT2D eigenvalue weighted by molar-refractivity contribution is -0.293. The Morgan fingerprint density at radius 1 is 0.933 bits per heavy atom. The van der Waals surface area contributed by atoms with Crippen molar-refractivity contribution in [2.24, 2.45) is 15.9 Å². The van der Waals surface area contributed by atoms with Crippen molar-refractivity contribution >= 4 is 11.7 Å². The maximum absolute atomic E-state index is 13.8. The summed E-state index contributed by atoms with van der Waals surface area (Å²) in [7, 11) is 0. The van der Waals surface area contributed by atoms with Crippen LogP contribution in [0.3, 0.4) is 0 Å². The molecule has 0 saturated carbocycles. The van der Waals surface area contributed by atoms with E-state index < -0.39 is 23.9 Å². The lowest BCUT2D eigenvalue weighted by atomic mass is 10.0. The number of furan rings is 1. The second kappa shape index (κ2) is 7.81. The highest BCUT2D eigenvalue weighted by molar-refractivity contribution is 6.10. The molecule has 3 rings (SSSR count). The van der Waals surface area contributed by atoms with Crippen LogP contribution in [0.4, 0.5) is 26.3 Å². The summed E-state index contributed by atoms with van der Waals surface area (Å²) in [5.74, 6) is -0.726. The van der Waals surface area contributed by atoms with Crippen molar-refractivity contribution in [1.82, 2.24) is 4.90 Å². The van der Waals surface area contributed by atoms with Crippen molar-refractivity contribution in [2.75, 3.05) is 0 Å². The van der Waals surface area contributed by atoms with Crippen LogP contribution in [0.2, 0.25) is 0 Å². The van der Waals surface area contributed by atoms with Crippen LogP contribution in [0.25, 0.3) is 0 Å². The van der Waals surface area contributed by atoms with Crippen LogP contribution in [0.5, 0.6) is 0 Å². The molecule has 162 valence electrons. The van der Waals surface area contributed by atoms with E-state index in [9.17, 15) is 26.3 Å². The van der Waals surface area contributed by atoms with Gasteiger partial charge in [-0.1, -0.05) is 44.2 Å². The Bertz CT molecular complexity index is 900. The highest BCUT2D eigenvalue weighted by Crippen LogP contribution is 2.49. The van der Waals surface area contributed by atoms with E-state index in [1.807, 2.05) is 0 Å². The Balaban J connectivity index is 2.26. The molecule has 0 radical (unpaired) electrons. The predicted molar refractivity (Wildman–Crippen MR) is 99.0 cm³/mol. The Morgan fingerprint density at radius 3 is 2.07 bits per heavy atom. The molecular formula is C20H19F6N3O. The van der Waals surface area contributed by atoms with Crippen molar-refractivity contribution in [1.29, 1.82) is 0 Å². The second-order valence-corrected chi connectivity index (χ2v) is 7.26. The first-order chi connectivity index (χ1) is 13.9. The van der Waals surface area contributed by atoms with Crippen molar-refractivity contribution in [3.05, 3.63) is 60.1 Å². The summed E-state index contributed by atoms with van der Waals surface area (Å²) >= 11 is 0. The SMILES string of the molecule is CC(C)CC1=NC(C(F)(F)F)(C(F)(F)F)N=C(c2ccccc2)N1Cc1ccco1. The molecule has 30 heavy (non-hydrogen) atoms. The lowest BCUT2D eigenvalue weighted by Gasteiger charge is -2.39. The Hall–Kier alpha value is -2.78. The van der Waals surface area contributed by atoms with Gasteiger partial charge in [-0.3, -0.25) is 0 Å². The molecular weight excluding hydrogens is 412 g/mol. The smallest absolute Gasteiger partial charge is 0.443 e. The highest BCUT2D eigenvalue weighted by Gasteiger charge is 2.73. The van der Waals surface area contributed by atoms with Gasteiger partial charge in [0.05, 0.1) is 12.8 Å². The number of alkyl halides is 6. The minimum atomic E-state index is -5.77. The van der Waals surface area contributed by atoms with E-state index in [2.05, 4.69) is 9.98 Å². The topological polar surface area (TPSA) is 41.1 Å². The quantitative estimate of drug-likeness (QED) is 0.561. The van der Waals surface area contributed by atoms with Gasteiger partial charge < -0.3 is 9.32 Å². The average Bonchev–Trinajstić information content (AvgIpc) is 3.14. The molecule has 4 nitrogen and oxygen atoms in total. The normalized spacial score (nSPS) is 17.2. The standard InChI is InChI=1S/C20H19F6N3O/c1-13(2)11-16-27-18(19(21,22)23,20(24,25)26)28-17(14-7-4-3-5-8-14)29(16)12-15-9-6-10-30-15/h3-10,13H,11-12H2,1-2H3. The van der Waals surface area contributed by atoms with Gasteiger partial charge in [0.25, 0.3) is 0 Å². The first kappa shape index (κ1) is 21.9. The molecule has 1 aliphatic heterocycles. The fourth-order valence-corrected chi connectivity index (χ4v) is 3.08. The zero-order valence-corrected chi connectivity index (χ0v) is 16.1. The fraction of sp³-hybridized carbons (Fsp3) is 0.400. The minimum absolute atomic E-state index is 0.109. The van der Waals surface area contributed by atoms with E-state index in [1.54, 1.807) is 32.0 Å². The number of benzene rings is 1. The summed E-state index contributed by atoms with van der Waals surface area (Å²) in [5, 5.41) is 0. The minimum Gasteiger partial charge on any atom is -0.467 e. The number of hydrogen-bond donors (Lipinski definition) is 0. The van der Waals surface area contributed by atoms with Gasteiger partial charge in [0.2, 0.25) is 0 Å². The molecule has 0 unspecified atom stereocenters. The van der Waals surface area contributed by atoms with Gasteiger partial charge in [0.1, 0.15) is 17.4 Å². The maximum atomic E-state index is 13.8. The molecule has 2 aromatic rings. The van der Waals surface area contributed by atoms with Crippen LogP contribution < -0.4 is 0 Å². The van der Waals surface area contributed by atoms with E-state index in [4.69, 9.17) is 4.42 Å². The van der Waals surface area contributed by atoms with Crippen LogP contribution in [0.1, 0.15) is 31.6 Å². The van der Waals surface area contributed by atoms with E-state index in [-0.39, 0.29) is 30.3 Å². The molecule has 0 N–H and O–H groups in total. The number of rotatable bonds is 5. The predicted octanol–water partition coefficient (Wildman–Crippen LogP) is 5.81. The largest absolute Gasteiger partial charge is 0.467 e. The maximum Gasteiger partial charge on any atom is 0.443 e. The van der Waals surface area contributed by atoms with E-state index >= 15 is 0 Å². The Morgan fingerprint density at radius 2 is 1.57 bits per heavy atom. The third-order valence-electron chi connectivity index (χ3n) is 4.43. The molecule has 0 aliphatic carbocycles. The lowest BCUT2D eigenvalue weighted by Crippen LogP contribution is -2.59. The summed E-state index contributed by atoms with van der Waals surface area (Å²) in [6, 6.07) is 10.6. The molecule has 1 aromatic heterocycles. The van der Waals surface area contributed by atoms with Gasteiger partial charge in [-0.2, -0.15) is 26.3 Å². The van der Waals surface area contributed by atoms with E-state index in [0.29, 0.717) is 5.76 Å². The molecule has 0 amide bonds. The first-order valence-electron chi connectivity index (χ1n) is 9.12. The Kier molecular flexibility index (Phi) is 5.70. The third-order valence-corrected chi connectivity index (χ3v) is 4.43. The molecule has 0 fully saturated rings. The van der Waals surface area contributed by atoms with Gasteiger partial charge in [0.15, 0.2) is 0 Å². The summed E-state index contributed by atoms with van der Waals surface area (Å²) in [6.07, 6.45) is -10.3. The fourth-order valence-electron chi connectivity index (χ4n) is 3.08. The molecule has 0 saturated heterocycles. The van der Waals surface area contributed by atoms with Gasteiger partial charge >= 0.3 is 18.0 Å². The van der Waals surface area contributed by atoms with Crippen molar-refractivity contribution in [2.45, 2.75) is 44.8 Å². The van der Waals surface area contributed by atoms with Crippen molar-refractivity contribution in [3.63, 3.8) is 0 Å². The number of aliphatic imine (C=N–C) groups is 2. The number of amidine groups is 2. The summed E-state index contributed by atoms with van der Waals surface area (Å²) in [4.78, 5) is 7.66. The summed E-state index contributed by atoms with van der Waals surface area (Å²) in [5.41, 5.74) is -4.47. The zero-order chi connectivity index (χ0) is 22.2. The van der Waals surface area contributed by atoms with E-state index in [1.165, 1.54) is 35.4 Å². The van der Waals surface area contributed by atoms with Gasteiger partial charge in [0, 0.05) is 12.0 Å². The van der Waals surface area contributed by atoms with Crippen LogP contribution in [-0.4, -0.2) is 34.6 Å². The monoisotopic (exact) mass is 431 g/mol. The van der Waals surface area contributed by atoms with Gasteiger partial charge in [-0.05, 0) is 18.1 Å². The molecule has 0 atom stereocenters. The summed E-state index contributed by atoms with van der Waals surface area (Å²) in [6.45, 7) is 3.26. The van der Waals surface area contributed by atoms with Gasteiger partial charge in [-0.15, -0.1) is 0 Å². The number of hydrogen-bond acceptors (Lipinski definition) is 4. The zero-order valence-electron chi connectivity index (χ0n) is 16.1.